The Balaban J connectivity index is 1.35. The minimum atomic E-state index is -0.632. The van der Waals surface area contributed by atoms with Crippen LogP contribution < -0.4 is 10.1 Å². The number of piperazine rings is 1. The molecule has 0 radical (unpaired) electrons. The number of para-hydroxylation sites is 1. The molecule has 2 heterocycles. The van der Waals surface area contributed by atoms with Gasteiger partial charge in [0.2, 0.25) is 5.91 Å². The van der Waals surface area contributed by atoms with Crippen molar-refractivity contribution in [3.05, 3.63) is 29.8 Å². The number of rotatable bonds is 1. The number of amides is 2. The SMILES string of the molecule is CN1CCN(C(=O)[C@H]2C[C@H]3CC[C@@H]2C[C@@]32NC(=O)c3ccccc3O2)CC1. The van der Waals surface area contributed by atoms with Crippen molar-refractivity contribution in [2.24, 2.45) is 17.8 Å². The Morgan fingerprint density at radius 3 is 2.70 bits per heavy atom. The molecule has 4 atom stereocenters. The molecule has 2 aliphatic heterocycles. The third-order valence-electron chi connectivity index (χ3n) is 7.10. The van der Waals surface area contributed by atoms with E-state index in [9.17, 15) is 9.59 Å². The van der Waals surface area contributed by atoms with Gasteiger partial charge in [-0.3, -0.25) is 9.59 Å². The van der Waals surface area contributed by atoms with Crippen molar-refractivity contribution in [3.63, 3.8) is 0 Å². The second-order valence-electron chi connectivity index (χ2n) is 8.65. The predicted octanol–water partition coefficient (Wildman–Crippen LogP) is 1.72. The fourth-order valence-corrected chi connectivity index (χ4v) is 5.52. The van der Waals surface area contributed by atoms with Gasteiger partial charge in [0.1, 0.15) is 5.75 Å². The highest BCUT2D eigenvalue weighted by Gasteiger charge is 2.57. The molecule has 3 saturated carbocycles. The number of hydrogen-bond donors (Lipinski definition) is 1. The molecule has 0 unspecified atom stereocenters. The number of nitrogens with zero attached hydrogens (tertiary/aromatic N) is 2. The maximum absolute atomic E-state index is 13.2. The number of benzene rings is 1. The number of nitrogens with one attached hydrogen (secondary N) is 1. The van der Waals surface area contributed by atoms with Crippen molar-refractivity contribution in [2.45, 2.75) is 31.4 Å². The van der Waals surface area contributed by atoms with Crippen molar-refractivity contribution >= 4 is 11.8 Å². The lowest BCUT2D eigenvalue weighted by atomic mass is 9.59. The van der Waals surface area contributed by atoms with Crippen molar-refractivity contribution in [1.29, 1.82) is 0 Å². The Morgan fingerprint density at radius 1 is 1.19 bits per heavy atom. The molecule has 6 rings (SSSR count). The number of fused-ring (bicyclic) bond motifs is 3. The summed E-state index contributed by atoms with van der Waals surface area (Å²) in [5.41, 5.74) is -0.0256. The lowest BCUT2D eigenvalue weighted by Gasteiger charge is -2.55. The molecule has 2 amide bonds. The van der Waals surface area contributed by atoms with E-state index in [2.05, 4.69) is 17.3 Å². The highest BCUT2D eigenvalue weighted by Crippen LogP contribution is 2.52. The zero-order valence-electron chi connectivity index (χ0n) is 15.8. The van der Waals surface area contributed by atoms with Crippen LogP contribution in [0.4, 0.5) is 0 Å². The van der Waals surface area contributed by atoms with Gasteiger partial charge in [-0.05, 0) is 44.4 Å². The molecule has 2 bridgehead atoms. The van der Waals surface area contributed by atoms with Crippen LogP contribution in [0.2, 0.25) is 0 Å². The van der Waals surface area contributed by atoms with E-state index in [1.165, 1.54) is 0 Å². The molecule has 1 N–H and O–H groups in total. The Morgan fingerprint density at radius 2 is 1.96 bits per heavy atom. The van der Waals surface area contributed by atoms with Gasteiger partial charge in [-0.2, -0.15) is 0 Å². The topological polar surface area (TPSA) is 61.9 Å². The molecule has 1 aromatic carbocycles. The van der Waals surface area contributed by atoms with Crippen LogP contribution in [0.5, 0.6) is 5.75 Å². The first-order valence-electron chi connectivity index (χ1n) is 10.1. The monoisotopic (exact) mass is 369 g/mol. The molecular formula is C21H27N3O3. The molecule has 1 saturated heterocycles. The zero-order valence-corrected chi connectivity index (χ0v) is 15.8. The van der Waals surface area contributed by atoms with Gasteiger partial charge >= 0.3 is 0 Å². The molecule has 0 aromatic heterocycles. The highest BCUT2D eigenvalue weighted by atomic mass is 16.5. The minimum absolute atomic E-state index is 0.0497. The van der Waals surface area contributed by atoms with Crippen LogP contribution in [0.3, 0.4) is 0 Å². The molecule has 1 spiro atoms. The van der Waals surface area contributed by atoms with Crippen molar-refractivity contribution < 1.29 is 14.3 Å². The van der Waals surface area contributed by atoms with Crippen molar-refractivity contribution in [2.75, 3.05) is 33.2 Å². The van der Waals surface area contributed by atoms with E-state index >= 15 is 0 Å². The Labute approximate surface area is 159 Å². The molecule has 6 heteroatoms. The quantitative estimate of drug-likeness (QED) is 0.819. The largest absolute Gasteiger partial charge is 0.467 e. The van der Waals surface area contributed by atoms with E-state index in [0.717, 1.165) is 51.9 Å². The Bertz CT molecular complexity index is 774. The number of carbonyl (C=O) groups is 2. The summed E-state index contributed by atoms with van der Waals surface area (Å²) in [6, 6.07) is 7.45. The van der Waals surface area contributed by atoms with Crippen LogP contribution in [0.15, 0.2) is 24.3 Å². The van der Waals surface area contributed by atoms with Crippen LogP contribution in [-0.4, -0.2) is 60.6 Å². The lowest BCUT2D eigenvalue weighted by Crippen LogP contribution is -2.67. The van der Waals surface area contributed by atoms with Gasteiger partial charge in [0.15, 0.2) is 5.72 Å². The summed E-state index contributed by atoms with van der Waals surface area (Å²) in [5.74, 6) is 1.50. The summed E-state index contributed by atoms with van der Waals surface area (Å²) in [6.07, 6.45) is 3.62. The Hall–Kier alpha value is -2.08. The number of ether oxygens (including phenoxy) is 1. The van der Waals surface area contributed by atoms with Gasteiger partial charge in [-0.1, -0.05) is 12.1 Å². The maximum atomic E-state index is 13.2. The van der Waals surface area contributed by atoms with Gasteiger partial charge in [0.25, 0.3) is 5.91 Å². The normalized spacial score (nSPS) is 35.5. The molecule has 27 heavy (non-hydrogen) atoms. The van der Waals surface area contributed by atoms with Gasteiger partial charge in [-0.25, -0.2) is 0 Å². The van der Waals surface area contributed by atoms with Gasteiger partial charge in [-0.15, -0.1) is 0 Å². The van der Waals surface area contributed by atoms with E-state index < -0.39 is 5.72 Å². The van der Waals surface area contributed by atoms with Gasteiger partial charge in [0, 0.05) is 44.4 Å². The first-order chi connectivity index (χ1) is 13.1. The molecule has 1 aromatic rings. The molecule has 6 nitrogen and oxygen atoms in total. The highest BCUT2D eigenvalue weighted by molar-refractivity contribution is 5.98. The molecule has 3 aliphatic carbocycles. The first kappa shape index (κ1) is 17.0. The number of carbonyl (C=O) groups excluding carboxylic acids is 2. The standard InChI is InChI=1S/C21H27N3O3/c1-23-8-10-24(11-9-23)20(26)17-12-15-7-6-14(17)13-21(15)22-19(25)16-4-2-3-5-18(16)27-21/h2-5,14-15,17H,6-13H2,1H3,(H,22,25)/t14-,15-,17+,21+/m1/s1. The smallest absolute Gasteiger partial charge is 0.258 e. The van der Waals surface area contributed by atoms with Crippen LogP contribution in [0.25, 0.3) is 0 Å². The fourth-order valence-electron chi connectivity index (χ4n) is 5.52. The van der Waals surface area contributed by atoms with Gasteiger partial charge < -0.3 is 19.9 Å². The van der Waals surface area contributed by atoms with Crippen molar-refractivity contribution in [3.8, 4) is 5.75 Å². The predicted molar refractivity (Wildman–Crippen MR) is 100 cm³/mol. The Kier molecular flexibility index (Phi) is 3.93. The van der Waals surface area contributed by atoms with E-state index in [1.807, 2.05) is 23.1 Å². The second kappa shape index (κ2) is 6.23. The van der Waals surface area contributed by atoms with Gasteiger partial charge in [0.05, 0.1) is 5.56 Å². The maximum Gasteiger partial charge on any atom is 0.258 e. The summed E-state index contributed by atoms with van der Waals surface area (Å²) in [5, 5.41) is 3.17. The molecule has 4 fully saturated rings. The van der Waals surface area contributed by atoms with E-state index in [0.29, 0.717) is 17.2 Å². The third kappa shape index (κ3) is 2.73. The zero-order chi connectivity index (χ0) is 18.6. The first-order valence-corrected chi connectivity index (χ1v) is 10.1. The molecule has 144 valence electrons. The summed E-state index contributed by atoms with van der Waals surface area (Å²) in [6.45, 7) is 3.56. The lowest BCUT2D eigenvalue weighted by molar-refractivity contribution is -0.156. The summed E-state index contributed by atoms with van der Waals surface area (Å²) in [4.78, 5) is 30.1. The second-order valence-corrected chi connectivity index (χ2v) is 8.65. The third-order valence-corrected chi connectivity index (χ3v) is 7.10. The molecular weight excluding hydrogens is 342 g/mol. The number of hydrogen-bond acceptors (Lipinski definition) is 4. The summed E-state index contributed by atoms with van der Waals surface area (Å²) >= 11 is 0. The summed E-state index contributed by atoms with van der Waals surface area (Å²) < 4.78 is 6.39. The number of likely N-dealkylation sites (N-methyl/N-ethyl adjacent to an activating group) is 1. The van der Waals surface area contributed by atoms with Crippen LogP contribution >= 0.6 is 0 Å². The summed E-state index contributed by atoms with van der Waals surface area (Å²) in [7, 11) is 2.11. The molecule has 5 aliphatic rings. The average Bonchev–Trinajstić information content (AvgIpc) is 2.68. The van der Waals surface area contributed by atoms with Crippen LogP contribution in [0.1, 0.15) is 36.0 Å². The van der Waals surface area contributed by atoms with Crippen LogP contribution in [0, 0.1) is 17.8 Å². The van der Waals surface area contributed by atoms with Crippen LogP contribution in [-0.2, 0) is 4.79 Å². The average molecular weight is 369 g/mol. The van der Waals surface area contributed by atoms with E-state index in [-0.39, 0.29) is 23.7 Å². The minimum Gasteiger partial charge on any atom is -0.467 e. The fraction of sp³-hybridized carbons (Fsp3) is 0.619. The van der Waals surface area contributed by atoms with Crippen molar-refractivity contribution in [1.82, 2.24) is 15.1 Å². The van der Waals surface area contributed by atoms with E-state index in [4.69, 9.17) is 4.74 Å². The van der Waals surface area contributed by atoms with E-state index in [1.54, 1.807) is 6.07 Å².